The number of carbonyl (C=O) groups excluding carboxylic acids is 1. The van der Waals surface area contributed by atoms with Gasteiger partial charge in [-0.3, -0.25) is 9.78 Å². The molecule has 10 heteroatoms. The lowest BCUT2D eigenvalue weighted by molar-refractivity contribution is 0.0933. The summed E-state index contributed by atoms with van der Waals surface area (Å²) in [5.74, 6) is 0.509. The second kappa shape index (κ2) is 8.58. The summed E-state index contributed by atoms with van der Waals surface area (Å²) in [6, 6.07) is 11.6. The van der Waals surface area contributed by atoms with E-state index < -0.39 is 12.7 Å². The van der Waals surface area contributed by atoms with Gasteiger partial charge < -0.3 is 14.8 Å². The number of aromatic nitrogens is 6. The van der Waals surface area contributed by atoms with Crippen molar-refractivity contribution in [1.82, 2.24) is 35.4 Å². The van der Waals surface area contributed by atoms with E-state index in [1.54, 1.807) is 61.8 Å². The standard InChI is InChI=1S/C23H18FN7O2/c1-13(28-23(32)20-9-18(26-12-27-20)15-4-6-25-7-5-15)17-10-21(33-31-17)22-29-16-3-2-14(11-24)8-19(16)30-22/h2-10,12-13H,11H2,1H3,(H,28,32)(H,29,30)/t13-/m1/s1. The Kier molecular flexibility index (Phi) is 5.31. The van der Waals surface area contributed by atoms with Crippen LogP contribution in [0, 0.1) is 0 Å². The van der Waals surface area contributed by atoms with Crippen molar-refractivity contribution in [3.63, 3.8) is 0 Å². The van der Waals surface area contributed by atoms with Gasteiger partial charge in [-0.15, -0.1) is 0 Å². The van der Waals surface area contributed by atoms with Gasteiger partial charge in [-0.05, 0) is 42.8 Å². The van der Waals surface area contributed by atoms with Gasteiger partial charge in [0, 0.05) is 24.0 Å². The molecule has 0 radical (unpaired) electrons. The highest BCUT2D eigenvalue weighted by Gasteiger charge is 2.19. The Hall–Kier alpha value is -4.47. The molecule has 2 N–H and O–H groups in total. The van der Waals surface area contributed by atoms with Gasteiger partial charge in [-0.25, -0.2) is 19.3 Å². The third-order valence-electron chi connectivity index (χ3n) is 5.13. The van der Waals surface area contributed by atoms with Crippen LogP contribution in [0.4, 0.5) is 4.39 Å². The van der Waals surface area contributed by atoms with Crippen molar-refractivity contribution in [3.8, 4) is 22.8 Å². The quantitative estimate of drug-likeness (QED) is 0.406. The average molecular weight is 443 g/mol. The first-order chi connectivity index (χ1) is 16.1. The van der Waals surface area contributed by atoms with Gasteiger partial charge in [0.15, 0.2) is 5.82 Å². The van der Waals surface area contributed by atoms with Crippen molar-refractivity contribution in [3.05, 3.63) is 78.1 Å². The Morgan fingerprint density at radius 1 is 1.15 bits per heavy atom. The van der Waals surface area contributed by atoms with E-state index in [1.807, 2.05) is 0 Å². The van der Waals surface area contributed by atoms with Crippen LogP contribution in [0.25, 0.3) is 33.9 Å². The number of H-pyrrole nitrogens is 1. The number of alkyl halides is 1. The number of imidazole rings is 1. The van der Waals surface area contributed by atoms with E-state index in [0.29, 0.717) is 39.6 Å². The smallest absolute Gasteiger partial charge is 0.270 e. The van der Waals surface area contributed by atoms with Crippen LogP contribution >= 0.6 is 0 Å². The van der Waals surface area contributed by atoms with Crippen LogP contribution in [0.15, 0.2) is 65.7 Å². The van der Waals surface area contributed by atoms with Gasteiger partial charge >= 0.3 is 0 Å². The molecule has 0 aliphatic heterocycles. The lowest BCUT2D eigenvalue weighted by Gasteiger charge is -2.10. The maximum Gasteiger partial charge on any atom is 0.270 e. The van der Waals surface area contributed by atoms with E-state index >= 15 is 0 Å². The Balaban J connectivity index is 1.32. The predicted molar refractivity (Wildman–Crippen MR) is 118 cm³/mol. The van der Waals surface area contributed by atoms with Crippen LogP contribution in [0.5, 0.6) is 0 Å². The van der Waals surface area contributed by atoms with Crippen molar-refractivity contribution >= 4 is 16.9 Å². The highest BCUT2D eigenvalue weighted by atomic mass is 19.1. The number of aromatic amines is 1. The molecular formula is C23H18FN7O2. The molecule has 4 aromatic heterocycles. The molecule has 0 fully saturated rings. The van der Waals surface area contributed by atoms with Gasteiger partial charge in [0.2, 0.25) is 5.76 Å². The summed E-state index contributed by atoms with van der Waals surface area (Å²) in [5, 5.41) is 6.92. The SMILES string of the molecule is C[C@@H](NC(=O)c1cc(-c2ccncc2)ncn1)c1cc(-c2nc3ccc(CF)cc3[nH]2)on1. The Bertz CT molecular complexity index is 1430. The molecule has 9 nitrogen and oxygen atoms in total. The fraction of sp³-hybridized carbons (Fsp3) is 0.130. The summed E-state index contributed by atoms with van der Waals surface area (Å²) >= 11 is 0. The van der Waals surface area contributed by atoms with Crippen LogP contribution in [0.3, 0.4) is 0 Å². The van der Waals surface area contributed by atoms with Gasteiger partial charge in [0.05, 0.1) is 22.8 Å². The minimum absolute atomic E-state index is 0.230. The third-order valence-corrected chi connectivity index (χ3v) is 5.13. The van der Waals surface area contributed by atoms with Crippen LogP contribution in [-0.2, 0) is 6.67 Å². The maximum absolute atomic E-state index is 12.9. The third kappa shape index (κ3) is 4.18. The number of pyridine rings is 1. The summed E-state index contributed by atoms with van der Waals surface area (Å²) in [4.78, 5) is 32.6. The lowest BCUT2D eigenvalue weighted by Crippen LogP contribution is -2.27. The van der Waals surface area contributed by atoms with E-state index in [-0.39, 0.29) is 11.6 Å². The number of halogens is 1. The predicted octanol–water partition coefficient (Wildman–Crippen LogP) is 4.03. The van der Waals surface area contributed by atoms with E-state index in [2.05, 4.69) is 35.4 Å². The monoisotopic (exact) mass is 443 g/mol. The first-order valence-electron chi connectivity index (χ1n) is 10.2. The number of nitrogens with zero attached hydrogens (tertiary/aromatic N) is 5. The zero-order valence-electron chi connectivity index (χ0n) is 17.5. The molecule has 5 aromatic rings. The first-order valence-corrected chi connectivity index (χ1v) is 10.2. The van der Waals surface area contributed by atoms with Crippen molar-refractivity contribution in [2.24, 2.45) is 0 Å². The molecule has 164 valence electrons. The van der Waals surface area contributed by atoms with Crippen LogP contribution in [0.2, 0.25) is 0 Å². The van der Waals surface area contributed by atoms with E-state index in [1.165, 1.54) is 6.33 Å². The van der Waals surface area contributed by atoms with Gasteiger partial charge in [0.25, 0.3) is 5.91 Å². The van der Waals surface area contributed by atoms with E-state index in [4.69, 9.17) is 4.52 Å². The summed E-state index contributed by atoms with van der Waals surface area (Å²) in [6.45, 7) is 1.24. The molecule has 0 bridgehead atoms. The highest BCUT2D eigenvalue weighted by molar-refractivity contribution is 5.93. The van der Waals surface area contributed by atoms with Gasteiger partial charge in [-0.2, -0.15) is 0 Å². The number of nitrogens with one attached hydrogen (secondary N) is 2. The minimum atomic E-state index is -0.551. The van der Waals surface area contributed by atoms with Crippen molar-refractivity contribution < 1.29 is 13.7 Å². The summed E-state index contributed by atoms with van der Waals surface area (Å²) in [7, 11) is 0. The Morgan fingerprint density at radius 2 is 2.00 bits per heavy atom. The molecule has 33 heavy (non-hydrogen) atoms. The maximum atomic E-state index is 12.9. The molecule has 4 heterocycles. The molecule has 1 amide bonds. The molecular weight excluding hydrogens is 425 g/mol. The number of fused-ring (bicyclic) bond motifs is 1. The molecule has 0 aliphatic rings. The number of hydrogen-bond acceptors (Lipinski definition) is 7. The zero-order valence-corrected chi connectivity index (χ0v) is 17.5. The first kappa shape index (κ1) is 20.4. The molecule has 1 aromatic carbocycles. The second-order valence-electron chi connectivity index (χ2n) is 7.41. The van der Waals surface area contributed by atoms with Crippen molar-refractivity contribution in [2.75, 3.05) is 0 Å². The van der Waals surface area contributed by atoms with Crippen LogP contribution in [0.1, 0.15) is 34.7 Å². The van der Waals surface area contributed by atoms with E-state index in [9.17, 15) is 9.18 Å². The lowest BCUT2D eigenvalue weighted by atomic mass is 10.1. The fourth-order valence-electron chi connectivity index (χ4n) is 3.37. The average Bonchev–Trinajstić information content (AvgIpc) is 3.51. The zero-order chi connectivity index (χ0) is 22.8. The molecule has 0 unspecified atom stereocenters. The summed E-state index contributed by atoms with van der Waals surface area (Å²) < 4.78 is 18.3. The van der Waals surface area contributed by atoms with E-state index in [0.717, 1.165) is 5.56 Å². The number of carbonyl (C=O) groups is 1. The minimum Gasteiger partial charge on any atom is -0.353 e. The molecule has 0 saturated heterocycles. The van der Waals surface area contributed by atoms with Crippen molar-refractivity contribution in [1.29, 1.82) is 0 Å². The summed E-state index contributed by atoms with van der Waals surface area (Å²) in [6.07, 6.45) is 4.66. The van der Waals surface area contributed by atoms with Gasteiger partial charge in [0.1, 0.15) is 24.4 Å². The molecule has 5 rings (SSSR count). The molecule has 0 spiro atoms. The Morgan fingerprint density at radius 3 is 2.82 bits per heavy atom. The largest absolute Gasteiger partial charge is 0.353 e. The molecule has 1 atom stereocenters. The highest BCUT2D eigenvalue weighted by Crippen LogP contribution is 2.24. The Labute approximate surface area is 187 Å². The molecule has 0 aliphatic carbocycles. The topological polar surface area (TPSA) is 122 Å². The fourth-order valence-corrected chi connectivity index (χ4v) is 3.37. The molecule has 0 saturated carbocycles. The second-order valence-corrected chi connectivity index (χ2v) is 7.41. The summed E-state index contributed by atoms with van der Waals surface area (Å²) in [5.41, 5.74) is 4.16. The van der Waals surface area contributed by atoms with Crippen LogP contribution < -0.4 is 5.32 Å². The van der Waals surface area contributed by atoms with Crippen molar-refractivity contribution in [2.45, 2.75) is 19.6 Å². The van der Waals surface area contributed by atoms with Crippen LogP contribution in [-0.4, -0.2) is 36.0 Å². The number of benzene rings is 1. The number of amides is 1. The van der Waals surface area contributed by atoms with Gasteiger partial charge in [-0.1, -0.05) is 11.2 Å². The normalized spacial score (nSPS) is 12.1. The number of rotatable bonds is 6. The number of hydrogen-bond donors (Lipinski definition) is 2.